The van der Waals surface area contributed by atoms with Gasteiger partial charge in [0.05, 0.1) is 23.0 Å². The minimum Gasteiger partial charge on any atom is -0.346 e. The number of hydrogen-bond donors (Lipinski definition) is 2. The number of imidazole rings is 1. The molecule has 1 fully saturated rings. The van der Waals surface area contributed by atoms with Crippen LogP contribution in [0.2, 0.25) is 0 Å². The van der Waals surface area contributed by atoms with E-state index in [0.29, 0.717) is 6.54 Å². The third-order valence-corrected chi connectivity index (χ3v) is 4.38. The van der Waals surface area contributed by atoms with E-state index in [1.54, 1.807) is 11.9 Å². The molecular weight excluding hydrogens is 292 g/mol. The number of para-hydroxylation sites is 2. The summed E-state index contributed by atoms with van der Waals surface area (Å²) in [6.45, 7) is 4.57. The Kier molecular flexibility index (Phi) is 4.07. The van der Waals surface area contributed by atoms with Crippen molar-refractivity contribution >= 4 is 22.8 Å². The molecule has 0 spiro atoms. The number of H-pyrrole nitrogens is 1. The van der Waals surface area contributed by atoms with E-state index in [1.165, 1.54) is 0 Å². The molecule has 3 rings (SSSR count). The Morgan fingerprint density at radius 1 is 1.39 bits per heavy atom. The summed E-state index contributed by atoms with van der Waals surface area (Å²) in [7, 11) is 1.73. The standard InChI is InChI=1S/C17H22N4O2/c1-10(2)15(16-18-12-6-4-5-7-13(12)19-16)20-17(23)11-8-14(22)21(3)9-11/h4-7,10-11,15H,8-9H2,1-3H3,(H,18,19)(H,20,23). The predicted octanol–water partition coefficient (Wildman–Crippen LogP) is 1.85. The number of hydrogen-bond acceptors (Lipinski definition) is 3. The third kappa shape index (κ3) is 3.06. The lowest BCUT2D eigenvalue weighted by molar-refractivity contribution is -0.128. The van der Waals surface area contributed by atoms with Crippen molar-refractivity contribution in [1.29, 1.82) is 0 Å². The first kappa shape index (κ1) is 15.5. The summed E-state index contributed by atoms with van der Waals surface area (Å²) >= 11 is 0. The predicted molar refractivity (Wildman–Crippen MR) is 87.6 cm³/mol. The Bertz CT molecular complexity index is 704. The molecule has 2 atom stereocenters. The maximum absolute atomic E-state index is 12.5. The molecule has 0 saturated carbocycles. The molecule has 1 aromatic heterocycles. The summed E-state index contributed by atoms with van der Waals surface area (Å²) in [6, 6.07) is 7.61. The number of aromatic amines is 1. The summed E-state index contributed by atoms with van der Waals surface area (Å²) in [4.78, 5) is 33.6. The van der Waals surface area contributed by atoms with Crippen LogP contribution in [-0.2, 0) is 9.59 Å². The van der Waals surface area contributed by atoms with E-state index in [2.05, 4.69) is 15.3 Å². The lowest BCUT2D eigenvalue weighted by Gasteiger charge is -2.22. The Morgan fingerprint density at radius 3 is 2.74 bits per heavy atom. The Balaban J connectivity index is 1.79. The molecule has 1 saturated heterocycles. The normalized spacial score (nSPS) is 19.6. The second-order valence-electron chi connectivity index (χ2n) is 6.54. The second-order valence-corrected chi connectivity index (χ2v) is 6.54. The van der Waals surface area contributed by atoms with E-state index in [4.69, 9.17) is 0 Å². The van der Waals surface area contributed by atoms with Crippen LogP contribution < -0.4 is 5.32 Å². The van der Waals surface area contributed by atoms with Crippen molar-refractivity contribution in [2.75, 3.05) is 13.6 Å². The van der Waals surface area contributed by atoms with Gasteiger partial charge in [0, 0.05) is 20.0 Å². The van der Waals surface area contributed by atoms with Gasteiger partial charge in [-0.05, 0) is 18.1 Å². The summed E-state index contributed by atoms with van der Waals surface area (Å²) in [6.07, 6.45) is 0.285. The first-order valence-corrected chi connectivity index (χ1v) is 7.94. The van der Waals surface area contributed by atoms with E-state index in [9.17, 15) is 9.59 Å². The van der Waals surface area contributed by atoms with Crippen LogP contribution in [0.25, 0.3) is 11.0 Å². The molecule has 23 heavy (non-hydrogen) atoms. The van der Waals surface area contributed by atoms with Crippen LogP contribution in [-0.4, -0.2) is 40.3 Å². The van der Waals surface area contributed by atoms with Gasteiger partial charge in [0.15, 0.2) is 0 Å². The molecule has 1 aliphatic rings. The van der Waals surface area contributed by atoms with Crippen molar-refractivity contribution in [3.8, 4) is 0 Å². The van der Waals surface area contributed by atoms with Crippen LogP contribution in [0.5, 0.6) is 0 Å². The Labute approximate surface area is 135 Å². The zero-order valence-corrected chi connectivity index (χ0v) is 13.7. The van der Waals surface area contributed by atoms with Crippen LogP contribution in [0, 0.1) is 11.8 Å². The fourth-order valence-corrected chi connectivity index (χ4v) is 2.98. The summed E-state index contributed by atoms with van der Waals surface area (Å²) < 4.78 is 0. The van der Waals surface area contributed by atoms with Gasteiger partial charge < -0.3 is 15.2 Å². The van der Waals surface area contributed by atoms with E-state index < -0.39 is 0 Å². The van der Waals surface area contributed by atoms with Gasteiger partial charge in [-0.1, -0.05) is 26.0 Å². The summed E-state index contributed by atoms with van der Waals surface area (Å²) in [5.74, 6) is 0.608. The number of aromatic nitrogens is 2. The van der Waals surface area contributed by atoms with Crippen LogP contribution in [0.15, 0.2) is 24.3 Å². The first-order chi connectivity index (χ1) is 11.0. The number of fused-ring (bicyclic) bond motifs is 1. The number of nitrogens with one attached hydrogen (secondary N) is 2. The molecule has 2 heterocycles. The molecule has 6 heteroatoms. The minimum atomic E-state index is -0.280. The highest BCUT2D eigenvalue weighted by atomic mass is 16.2. The average Bonchev–Trinajstić information content (AvgIpc) is 3.08. The quantitative estimate of drug-likeness (QED) is 0.904. The first-order valence-electron chi connectivity index (χ1n) is 7.94. The van der Waals surface area contributed by atoms with Crippen LogP contribution in [0.3, 0.4) is 0 Å². The van der Waals surface area contributed by atoms with Gasteiger partial charge in [-0.3, -0.25) is 9.59 Å². The highest BCUT2D eigenvalue weighted by Crippen LogP contribution is 2.24. The van der Waals surface area contributed by atoms with Crippen molar-refractivity contribution in [1.82, 2.24) is 20.2 Å². The van der Waals surface area contributed by atoms with Gasteiger partial charge in [-0.25, -0.2) is 4.98 Å². The molecule has 6 nitrogen and oxygen atoms in total. The van der Waals surface area contributed by atoms with Crippen LogP contribution >= 0.6 is 0 Å². The number of likely N-dealkylation sites (tertiary alicyclic amines) is 1. The van der Waals surface area contributed by atoms with Gasteiger partial charge >= 0.3 is 0 Å². The number of benzene rings is 1. The van der Waals surface area contributed by atoms with Crippen molar-refractivity contribution in [2.45, 2.75) is 26.3 Å². The fourth-order valence-electron chi connectivity index (χ4n) is 2.98. The van der Waals surface area contributed by atoms with E-state index in [1.807, 2.05) is 38.1 Å². The Morgan fingerprint density at radius 2 is 2.13 bits per heavy atom. The van der Waals surface area contributed by atoms with E-state index in [-0.39, 0.29) is 36.1 Å². The van der Waals surface area contributed by atoms with Gasteiger partial charge in [0.1, 0.15) is 5.82 Å². The van der Waals surface area contributed by atoms with Crippen molar-refractivity contribution < 1.29 is 9.59 Å². The maximum Gasteiger partial charge on any atom is 0.226 e. The molecular formula is C17H22N4O2. The highest BCUT2D eigenvalue weighted by molar-refractivity contribution is 5.89. The van der Waals surface area contributed by atoms with Crippen LogP contribution in [0.1, 0.15) is 32.1 Å². The molecule has 2 N–H and O–H groups in total. The Hall–Kier alpha value is -2.37. The SMILES string of the molecule is CC(C)C(NC(=O)C1CC(=O)N(C)C1)c1nc2ccccc2[nH]1. The van der Waals surface area contributed by atoms with E-state index >= 15 is 0 Å². The molecule has 2 aromatic rings. The van der Waals surface area contributed by atoms with Crippen LogP contribution in [0.4, 0.5) is 0 Å². The average molecular weight is 314 g/mol. The number of carbonyl (C=O) groups is 2. The zero-order valence-electron chi connectivity index (χ0n) is 13.7. The molecule has 0 bridgehead atoms. The molecule has 0 aliphatic carbocycles. The number of amides is 2. The number of rotatable bonds is 4. The molecule has 0 radical (unpaired) electrons. The van der Waals surface area contributed by atoms with E-state index in [0.717, 1.165) is 16.9 Å². The van der Waals surface area contributed by atoms with Gasteiger partial charge in [0.25, 0.3) is 0 Å². The number of carbonyl (C=O) groups excluding carboxylic acids is 2. The van der Waals surface area contributed by atoms with Gasteiger partial charge in [0.2, 0.25) is 11.8 Å². The smallest absolute Gasteiger partial charge is 0.226 e. The van der Waals surface area contributed by atoms with Crippen molar-refractivity contribution in [2.24, 2.45) is 11.8 Å². The minimum absolute atomic E-state index is 0.0231. The molecule has 2 unspecified atom stereocenters. The zero-order chi connectivity index (χ0) is 16.6. The molecule has 1 aromatic carbocycles. The summed E-state index contributed by atoms with van der Waals surface area (Å²) in [5, 5.41) is 3.07. The maximum atomic E-state index is 12.5. The third-order valence-electron chi connectivity index (χ3n) is 4.38. The fraction of sp³-hybridized carbons (Fsp3) is 0.471. The summed E-state index contributed by atoms with van der Waals surface area (Å²) in [5.41, 5.74) is 1.84. The van der Waals surface area contributed by atoms with Crippen molar-refractivity contribution in [3.63, 3.8) is 0 Å². The van der Waals surface area contributed by atoms with Crippen molar-refractivity contribution in [3.05, 3.63) is 30.1 Å². The lowest BCUT2D eigenvalue weighted by atomic mass is 10.0. The molecule has 2 amide bonds. The monoisotopic (exact) mass is 314 g/mol. The molecule has 1 aliphatic heterocycles. The second kappa shape index (κ2) is 6.02. The number of nitrogens with zero attached hydrogens (tertiary/aromatic N) is 2. The largest absolute Gasteiger partial charge is 0.346 e. The topological polar surface area (TPSA) is 78.1 Å². The highest BCUT2D eigenvalue weighted by Gasteiger charge is 2.34. The van der Waals surface area contributed by atoms with Gasteiger partial charge in [-0.15, -0.1) is 0 Å². The lowest BCUT2D eigenvalue weighted by Crippen LogP contribution is -2.37. The van der Waals surface area contributed by atoms with Gasteiger partial charge in [-0.2, -0.15) is 0 Å². The molecule has 122 valence electrons.